The predicted octanol–water partition coefficient (Wildman–Crippen LogP) is 3.53. The molecule has 6 heteroatoms. The molecule has 1 fully saturated rings. The third kappa shape index (κ3) is 4.89. The van der Waals surface area contributed by atoms with Crippen molar-refractivity contribution in [2.75, 3.05) is 0 Å². The van der Waals surface area contributed by atoms with E-state index in [9.17, 15) is 9.59 Å². The smallest absolute Gasteiger partial charge is 0.311 e. The van der Waals surface area contributed by atoms with E-state index in [1.54, 1.807) is 25.1 Å². The highest BCUT2D eigenvalue weighted by atomic mass is 35.5. The Morgan fingerprint density at radius 2 is 1.95 bits per heavy atom. The average molecular weight is 344 g/mol. The first kappa shape index (κ1) is 17.1. The van der Waals surface area contributed by atoms with Gasteiger partial charge in [0.1, 0.15) is 0 Å². The molecule has 1 aliphatic rings. The van der Waals surface area contributed by atoms with Crippen molar-refractivity contribution in [3.05, 3.63) is 33.8 Å². The molecule has 1 amide bonds. The first-order chi connectivity index (χ1) is 10.5. The topological polar surface area (TPSA) is 55.4 Å². The first-order valence-corrected chi connectivity index (χ1v) is 8.15. The fourth-order valence-corrected chi connectivity index (χ4v) is 2.82. The van der Waals surface area contributed by atoms with Crippen molar-refractivity contribution in [1.29, 1.82) is 0 Å². The van der Waals surface area contributed by atoms with Gasteiger partial charge in [-0.25, -0.2) is 0 Å². The molecule has 0 aromatic heterocycles. The Hall–Kier alpha value is -1.26. The summed E-state index contributed by atoms with van der Waals surface area (Å²) in [6, 6.07) is 5.17. The molecule has 0 spiro atoms. The van der Waals surface area contributed by atoms with Crippen LogP contribution >= 0.6 is 23.2 Å². The molecule has 0 heterocycles. The SMILES string of the molecule is C[C@H](OC(=O)Cc1ccc(Cl)c(Cl)c1)C(=O)NC1CCCC1. The van der Waals surface area contributed by atoms with Crippen LogP contribution in [0.15, 0.2) is 18.2 Å². The van der Waals surface area contributed by atoms with E-state index in [0.717, 1.165) is 25.7 Å². The van der Waals surface area contributed by atoms with Gasteiger partial charge in [0.25, 0.3) is 5.91 Å². The molecule has 1 atom stereocenters. The zero-order valence-electron chi connectivity index (χ0n) is 12.4. The zero-order valence-corrected chi connectivity index (χ0v) is 13.9. The van der Waals surface area contributed by atoms with Gasteiger partial charge in [-0.15, -0.1) is 0 Å². The number of nitrogens with one attached hydrogen (secondary N) is 1. The maximum absolute atomic E-state index is 12.0. The van der Waals surface area contributed by atoms with E-state index >= 15 is 0 Å². The molecule has 4 nitrogen and oxygen atoms in total. The number of hydrogen-bond acceptors (Lipinski definition) is 3. The molecular weight excluding hydrogens is 325 g/mol. The first-order valence-electron chi connectivity index (χ1n) is 7.39. The summed E-state index contributed by atoms with van der Waals surface area (Å²) >= 11 is 11.7. The third-order valence-electron chi connectivity index (χ3n) is 3.71. The summed E-state index contributed by atoms with van der Waals surface area (Å²) in [6.07, 6.45) is 3.52. The van der Waals surface area contributed by atoms with Crippen LogP contribution in [-0.4, -0.2) is 24.0 Å². The average Bonchev–Trinajstić information content (AvgIpc) is 2.95. The summed E-state index contributed by atoms with van der Waals surface area (Å²) in [5.41, 5.74) is 0.697. The summed E-state index contributed by atoms with van der Waals surface area (Å²) in [6.45, 7) is 1.58. The standard InChI is InChI=1S/C16H19Cl2NO3/c1-10(16(21)19-12-4-2-3-5-12)22-15(20)9-11-6-7-13(17)14(18)8-11/h6-8,10,12H,2-5,9H2,1H3,(H,19,21)/t10-/m0/s1. The third-order valence-corrected chi connectivity index (χ3v) is 4.45. The molecule has 1 aromatic carbocycles. The molecular formula is C16H19Cl2NO3. The maximum Gasteiger partial charge on any atom is 0.311 e. The highest BCUT2D eigenvalue weighted by Gasteiger charge is 2.23. The Balaban J connectivity index is 1.82. The number of benzene rings is 1. The molecule has 0 saturated heterocycles. The van der Waals surface area contributed by atoms with Crippen LogP contribution in [0.2, 0.25) is 10.0 Å². The minimum absolute atomic E-state index is 0.0535. The van der Waals surface area contributed by atoms with Crippen LogP contribution in [0.25, 0.3) is 0 Å². The number of hydrogen-bond donors (Lipinski definition) is 1. The summed E-state index contributed by atoms with van der Waals surface area (Å²) in [7, 11) is 0. The quantitative estimate of drug-likeness (QED) is 0.832. The molecule has 1 aliphatic carbocycles. The lowest BCUT2D eigenvalue weighted by Crippen LogP contribution is -2.41. The van der Waals surface area contributed by atoms with E-state index in [2.05, 4.69) is 5.32 Å². The number of amides is 1. The van der Waals surface area contributed by atoms with Crippen molar-refractivity contribution in [1.82, 2.24) is 5.32 Å². The van der Waals surface area contributed by atoms with Crippen molar-refractivity contribution >= 4 is 35.1 Å². The fraction of sp³-hybridized carbons (Fsp3) is 0.500. The van der Waals surface area contributed by atoms with Gasteiger partial charge in [-0.05, 0) is 37.5 Å². The molecule has 1 aromatic rings. The summed E-state index contributed by atoms with van der Waals surface area (Å²) in [5, 5.41) is 3.73. The molecule has 0 bridgehead atoms. The second-order valence-electron chi connectivity index (χ2n) is 5.55. The van der Waals surface area contributed by atoms with Gasteiger partial charge in [-0.3, -0.25) is 9.59 Å². The highest BCUT2D eigenvalue weighted by molar-refractivity contribution is 6.42. The summed E-state index contributed by atoms with van der Waals surface area (Å²) in [5.74, 6) is -0.707. The van der Waals surface area contributed by atoms with Crippen LogP contribution < -0.4 is 5.32 Å². The fourth-order valence-electron chi connectivity index (χ4n) is 2.50. The van der Waals surface area contributed by atoms with E-state index in [1.165, 1.54) is 0 Å². The summed E-state index contributed by atoms with van der Waals surface area (Å²) in [4.78, 5) is 23.8. The molecule has 1 N–H and O–H groups in total. The summed E-state index contributed by atoms with van der Waals surface area (Å²) < 4.78 is 5.17. The lowest BCUT2D eigenvalue weighted by molar-refractivity contribution is -0.154. The van der Waals surface area contributed by atoms with Crippen molar-refractivity contribution in [3.8, 4) is 0 Å². The van der Waals surface area contributed by atoms with Crippen molar-refractivity contribution in [2.45, 2.75) is 51.2 Å². The number of carbonyl (C=O) groups excluding carboxylic acids is 2. The van der Waals surface area contributed by atoms with Crippen molar-refractivity contribution in [2.24, 2.45) is 0 Å². The minimum atomic E-state index is -0.795. The van der Waals surface area contributed by atoms with Crippen LogP contribution in [0.4, 0.5) is 0 Å². The van der Waals surface area contributed by atoms with Gasteiger partial charge in [0.2, 0.25) is 0 Å². The largest absolute Gasteiger partial charge is 0.452 e. The van der Waals surface area contributed by atoms with Crippen LogP contribution in [0, 0.1) is 0 Å². The van der Waals surface area contributed by atoms with Gasteiger partial charge in [-0.2, -0.15) is 0 Å². The zero-order chi connectivity index (χ0) is 16.1. The van der Waals surface area contributed by atoms with Crippen molar-refractivity contribution < 1.29 is 14.3 Å². The van der Waals surface area contributed by atoms with Crippen molar-refractivity contribution in [3.63, 3.8) is 0 Å². The lowest BCUT2D eigenvalue weighted by atomic mass is 10.1. The highest BCUT2D eigenvalue weighted by Crippen LogP contribution is 2.23. The monoisotopic (exact) mass is 343 g/mol. The van der Waals surface area contributed by atoms with Gasteiger partial charge in [0, 0.05) is 6.04 Å². The van der Waals surface area contributed by atoms with E-state index in [0.29, 0.717) is 15.6 Å². The van der Waals surface area contributed by atoms with E-state index in [-0.39, 0.29) is 18.4 Å². The molecule has 0 aliphatic heterocycles. The number of esters is 1. The van der Waals surface area contributed by atoms with Gasteiger partial charge in [0.15, 0.2) is 6.10 Å². The second-order valence-corrected chi connectivity index (χ2v) is 6.36. The maximum atomic E-state index is 12.0. The van der Waals surface area contributed by atoms with Gasteiger partial charge >= 0.3 is 5.97 Å². The second kappa shape index (κ2) is 7.84. The van der Waals surface area contributed by atoms with Crippen LogP contribution in [0.5, 0.6) is 0 Å². The Morgan fingerprint density at radius 1 is 1.27 bits per heavy atom. The Bertz CT molecular complexity index is 556. The molecule has 0 radical (unpaired) electrons. The van der Waals surface area contributed by atoms with E-state index < -0.39 is 12.1 Å². The molecule has 120 valence electrons. The number of rotatable bonds is 5. The van der Waals surface area contributed by atoms with E-state index in [1.807, 2.05) is 0 Å². The molecule has 1 saturated carbocycles. The van der Waals surface area contributed by atoms with Gasteiger partial charge < -0.3 is 10.1 Å². The Kier molecular flexibility index (Phi) is 6.09. The Labute approximate surface area is 140 Å². The molecule has 22 heavy (non-hydrogen) atoms. The normalized spacial score (nSPS) is 16.3. The minimum Gasteiger partial charge on any atom is -0.452 e. The van der Waals surface area contributed by atoms with Gasteiger partial charge in [0.05, 0.1) is 16.5 Å². The van der Waals surface area contributed by atoms with E-state index in [4.69, 9.17) is 27.9 Å². The molecule has 2 rings (SSSR count). The lowest BCUT2D eigenvalue weighted by Gasteiger charge is -2.17. The number of halogens is 2. The Morgan fingerprint density at radius 3 is 2.59 bits per heavy atom. The van der Waals surface area contributed by atoms with Crippen LogP contribution in [0.3, 0.4) is 0 Å². The van der Waals surface area contributed by atoms with Crippen LogP contribution in [0.1, 0.15) is 38.2 Å². The number of ether oxygens (including phenoxy) is 1. The van der Waals surface area contributed by atoms with Gasteiger partial charge in [-0.1, -0.05) is 42.1 Å². The number of carbonyl (C=O) groups is 2. The predicted molar refractivity (Wildman–Crippen MR) is 86.1 cm³/mol. The molecule has 0 unspecified atom stereocenters. The van der Waals surface area contributed by atoms with Crippen LogP contribution in [-0.2, 0) is 20.7 Å².